The van der Waals surface area contributed by atoms with E-state index in [1.54, 1.807) is 24.4 Å². The molecule has 0 radical (unpaired) electrons. The molecule has 3 heteroatoms. The molecule has 0 unspecified atom stereocenters. The highest BCUT2D eigenvalue weighted by atomic mass is 14.7. The van der Waals surface area contributed by atoms with E-state index in [-0.39, 0.29) is 0 Å². The van der Waals surface area contributed by atoms with Gasteiger partial charge in [0.25, 0.3) is 0 Å². The van der Waals surface area contributed by atoms with Gasteiger partial charge in [-0.05, 0) is 30.3 Å². The molecule has 1 aromatic heterocycles. The Bertz CT molecular complexity index is 512. The number of benzene rings is 1. The Morgan fingerprint density at radius 3 is 2.73 bits per heavy atom. The number of pyridine rings is 1. The van der Waals surface area contributed by atoms with Crippen molar-refractivity contribution in [3.8, 4) is 17.3 Å². The van der Waals surface area contributed by atoms with Crippen LogP contribution in [0.2, 0.25) is 0 Å². The average molecular weight is 195 g/mol. The molecule has 3 nitrogen and oxygen atoms in total. The minimum atomic E-state index is 0.588. The van der Waals surface area contributed by atoms with Crippen molar-refractivity contribution < 1.29 is 0 Å². The molecule has 0 atom stereocenters. The SMILES string of the molecule is N#Cc1ccc(N)c(-c2ccccn2)c1. The summed E-state index contributed by atoms with van der Waals surface area (Å²) in [5, 5.41) is 8.79. The van der Waals surface area contributed by atoms with E-state index >= 15 is 0 Å². The first-order valence-corrected chi connectivity index (χ1v) is 4.52. The highest BCUT2D eigenvalue weighted by Crippen LogP contribution is 2.24. The van der Waals surface area contributed by atoms with Crippen LogP contribution in [0.5, 0.6) is 0 Å². The Labute approximate surface area is 87.8 Å². The highest BCUT2D eigenvalue weighted by Gasteiger charge is 2.04. The zero-order valence-electron chi connectivity index (χ0n) is 8.01. The van der Waals surface area contributed by atoms with Crippen LogP contribution < -0.4 is 5.73 Å². The summed E-state index contributed by atoms with van der Waals surface area (Å²) in [4.78, 5) is 4.20. The first-order valence-electron chi connectivity index (χ1n) is 4.52. The van der Waals surface area contributed by atoms with Gasteiger partial charge in [-0.3, -0.25) is 4.98 Å². The second-order valence-corrected chi connectivity index (χ2v) is 3.13. The highest BCUT2D eigenvalue weighted by molar-refractivity contribution is 5.75. The van der Waals surface area contributed by atoms with Crippen LogP contribution in [-0.4, -0.2) is 4.98 Å². The first-order chi connectivity index (χ1) is 7.31. The van der Waals surface area contributed by atoms with Crippen molar-refractivity contribution in [2.24, 2.45) is 0 Å². The third-order valence-electron chi connectivity index (χ3n) is 2.12. The molecule has 0 fully saturated rings. The number of anilines is 1. The summed E-state index contributed by atoms with van der Waals surface area (Å²) in [5.74, 6) is 0. The van der Waals surface area contributed by atoms with Crippen LogP contribution in [-0.2, 0) is 0 Å². The number of rotatable bonds is 1. The lowest BCUT2D eigenvalue weighted by Gasteiger charge is -2.04. The molecule has 15 heavy (non-hydrogen) atoms. The maximum absolute atomic E-state index is 8.79. The molecule has 2 aromatic rings. The average Bonchev–Trinajstić information content (AvgIpc) is 2.31. The van der Waals surface area contributed by atoms with E-state index in [0.717, 1.165) is 11.3 Å². The van der Waals surface area contributed by atoms with Crippen molar-refractivity contribution >= 4 is 5.69 Å². The summed E-state index contributed by atoms with van der Waals surface area (Å²) in [7, 11) is 0. The molecule has 0 saturated carbocycles. The van der Waals surface area contributed by atoms with Gasteiger partial charge in [0.2, 0.25) is 0 Å². The molecule has 0 amide bonds. The monoisotopic (exact) mass is 195 g/mol. The van der Waals surface area contributed by atoms with Crippen LogP contribution in [0, 0.1) is 11.3 Å². The van der Waals surface area contributed by atoms with Crippen LogP contribution in [0.15, 0.2) is 42.6 Å². The molecule has 1 aromatic carbocycles. The molecule has 0 saturated heterocycles. The molecule has 0 aliphatic rings. The molecule has 0 aliphatic heterocycles. The van der Waals surface area contributed by atoms with Crippen LogP contribution in [0.1, 0.15) is 5.56 Å². The van der Waals surface area contributed by atoms with Gasteiger partial charge in [0.1, 0.15) is 0 Å². The summed E-state index contributed by atoms with van der Waals surface area (Å²) < 4.78 is 0. The third kappa shape index (κ3) is 1.79. The predicted molar refractivity (Wildman–Crippen MR) is 58.8 cm³/mol. The summed E-state index contributed by atoms with van der Waals surface area (Å²) >= 11 is 0. The zero-order valence-corrected chi connectivity index (χ0v) is 8.01. The van der Waals surface area contributed by atoms with Gasteiger partial charge in [-0.2, -0.15) is 5.26 Å². The minimum absolute atomic E-state index is 0.588. The molecule has 0 spiro atoms. The quantitative estimate of drug-likeness (QED) is 0.709. The van der Waals surface area contributed by atoms with E-state index in [0.29, 0.717) is 11.3 Å². The minimum Gasteiger partial charge on any atom is -0.398 e. The van der Waals surface area contributed by atoms with Gasteiger partial charge in [0, 0.05) is 17.4 Å². The van der Waals surface area contributed by atoms with Gasteiger partial charge in [0.05, 0.1) is 17.3 Å². The van der Waals surface area contributed by atoms with Crippen molar-refractivity contribution in [3.05, 3.63) is 48.2 Å². The zero-order chi connectivity index (χ0) is 10.7. The van der Waals surface area contributed by atoms with E-state index in [4.69, 9.17) is 11.0 Å². The molecule has 1 heterocycles. The number of nitrogen functional groups attached to an aromatic ring is 1. The summed E-state index contributed by atoms with van der Waals surface area (Å²) in [6, 6.07) is 12.8. The van der Waals surface area contributed by atoms with Crippen LogP contribution in [0.25, 0.3) is 11.3 Å². The lowest BCUT2D eigenvalue weighted by molar-refractivity contribution is 1.32. The molecule has 2 N–H and O–H groups in total. The normalized spacial score (nSPS) is 9.53. The fraction of sp³-hybridized carbons (Fsp3) is 0. The van der Waals surface area contributed by atoms with E-state index in [2.05, 4.69) is 11.1 Å². The van der Waals surface area contributed by atoms with Gasteiger partial charge < -0.3 is 5.73 Å². The Kier molecular flexibility index (Phi) is 2.34. The maximum atomic E-state index is 8.79. The molecular formula is C12H9N3. The van der Waals surface area contributed by atoms with Crippen molar-refractivity contribution in [3.63, 3.8) is 0 Å². The van der Waals surface area contributed by atoms with Crippen LogP contribution >= 0.6 is 0 Å². The lowest BCUT2D eigenvalue weighted by atomic mass is 10.1. The van der Waals surface area contributed by atoms with Gasteiger partial charge in [0.15, 0.2) is 0 Å². The molecule has 72 valence electrons. The standard InChI is InChI=1S/C12H9N3/c13-8-9-4-5-11(14)10(7-9)12-3-1-2-6-15-12/h1-7H,14H2. The summed E-state index contributed by atoms with van der Waals surface area (Å²) in [6.45, 7) is 0. The van der Waals surface area contributed by atoms with E-state index in [1.165, 1.54) is 0 Å². The predicted octanol–water partition coefficient (Wildman–Crippen LogP) is 2.20. The van der Waals surface area contributed by atoms with Crippen molar-refractivity contribution in [2.45, 2.75) is 0 Å². The van der Waals surface area contributed by atoms with Crippen molar-refractivity contribution in [1.29, 1.82) is 5.26 Å². The number of nitriles is 1. The number of nitrogens with two attached hydrogens (primary N) is 1. The van der Waals surface area contributed by atoms with Gasteiger partial charge in [-0.1, -0.05) is 6.07 Å². The van der Waals surface area contributed by atoms with E-state index in [9.17, 15) is 0 Å². The van der Waals surface area contributed by atoms with Gasteiger partial charge in [-0.25, -0.2) is 0 Å². The Balaban J connectivity index is 2.58. The van der Waals surface area contributed by atoms with Gasteiger partial charge >= 0.3 is 0 Å². The molecule has 0 aliphatic carbocycles. The Hall–Kier alpha value is -2.34. The second kappa shape index (κ2) is 3.81. The second-order valence-electron chi connectivity index (χ2n) is 3.13. The number of nitrogens with zero attached hydrogens (tertiary/aromatic N) is 2. The summed E-state index contributed by atoms with van der Waals surface area (Å²) in [6.07, 6.45) is 1.70. The number of hydrogen-bond acceptors (Lipinski definition) is 3. The van der Waals surface area contributed by atoms with E-state index in [1.807, 2.05) is 18.2 Å². The van der Waals surface area contributed by atoms with Crippen LogP contribution in [0.3, 0.4) is 0 Å². The smallest absolute Gasteiger partial charge is 0.0991 e. The van der Waals surface area contributed by atoms with Crippen LogP contribution in [0.4, 0.5) is 5.69 Å². The summed E-state index contributed by atoms with van der Waals surface area (Å²) in [5.41, 5.74) is 8.63. The molecule has 0 bridgehead atoms. The molecule has 2 rings (SSSR count). The van der Waals surface area contributed by atoms with Gasteiger partial charge in [-0.15, -0.1) is 0 Å². The fourth-order valence-corrected chi connectivity index (χ4v) is 1.37. The van der Waals surface area contributed by atoms with Crippen molar-refractivity contribution in [1.82, 2.24) is 4.98 Å². The number of hydrogen-bond donors (Lipinski definition) is 1. The third-order valence-corrected chi connectivity index (χ3v) is 2.12. The maximum Gasteiger partial charge on any atom is 0.0991 e. The number of aromatic nitrogens is 1. The fourth-order valence-electron chi connectivity index (χ4n) is 1.37. The topological polar surface area (TPSA) is 62.7 Å². The Morgan fingerprint density at radius 1 is 1.20 bits per heavy atom. The Morgan fingerprint density at radius 2 is 2.07 bits per heavy atom. The van der Waals surface area contributed by atoms with Crippen molar-refractivity contribution in [2.75, 3.05) is 5.73 Å². The largest absolute Gasteiger partial charge is 0.398 e. The van der Waals surface area contributed by atoms with E-state index < -0.39 is 0 Å². The molecular weight excluding hydrogens is 186 g/mol. The lowest BCUT2D eigenvalue weighted by Crippen LogP contribution is -1.92. The first kappa shape index (κ1) is 9.22.